The summed E-state index contributed by atoms with van der Waals surface area (Å²) in [7, 11) is 3.90. The van der Waals surface area contributed by atoms with Crippen LogP contribution >= 0.6 is 0 Å². The van der Waals surface area contributed by atoms with Gasteiger partial charge in [0.15, 0.2) is 5.58 Å². The van der Waals surface area contributed by atoms with Gasteiger partial charge in [-0.2, -0.15) is 0 Å². The van der Waals surface area contributed by atoms with Crippen molar-refractivity contribution in [2.24, 2.45) is 11.7 Å². The Balaban J connectivity index is 1.74. The third-order valence-electron chi connectivity index (χ3n) is 4.89. The SMILES string of the molecule is CN(C)CCn1c(=O)oc2ccc(NC(=O)C[C@@H]3CCC[C@H]3N)cc21. The van der Waals surface area contributed by atoms with Crippen LogP contribution in [-0.4, -0.2) is 42.1 Å². The molecule has 2 aromatic rings. The van der Waals surface area contributed by atoms with Gasteiger partial charge >= 0.3 is 5.76 Å². The van der Waals surface area contributed by atoms with Crippen molar-refractivity contribution in [3.8, 4) is 0 Å². The predicted molar refractivity (Wildman–Crippen MR) is 97.6 cm³/mol. The van der Waals surface area contributed by atoms with Crippen molar-refractivity contribution in [1.29, 1.82) is 0 Å². The van der Waals surface area contributed by atoms with Gasteiger partial charge in [-0.15, -0.1) is 0 Å². The normalized spacial score (nSPS) is 20.5. The minimum atomic E-state index is -0.378. The number of anilines is 1. The number of likely N-dealkylation sites (N-methyl/N-ethyl adjacent to an activating group) is 1. The van der Waals surface area contributed by atoms with E-state index in [4.69, 9.17) is 10.2 Å². The van der Waals surface area contributed by atoms with Crippen molar-refractivity contribution < 1.29 is 9.21 Å². The molecule has 3 N–H and O–H groups in total. The fourth-order valence-corrected chi connectivity index (χ4v) is 3.42. The molecule has 1 amide bonds. The number of rotatable bonds is 6. The lowest BCUT2D eigenvalue weighted by Gasteiger charge is -2.15. The van der Waals surface area contributed by atoms with Crippen LogP contribution in [0, 0.1) is 5.92 Å². The van der Waals surface area contributed by atoms with E-state index in [1.165, 1.54) is 0 Å². The third kappa shape index (κ3) is 4.11. The minimum Gasteiger partial charge on any atom is -0.408 e. The van der Waals surface area contributed by atoms with E-state index in [-0.39, 0.29) is 23.6 Å². The number of aromatic nitrogens is 1. The topological polar surface area (TPSA) is 93.5 Å². The van der Waals surface area contributed by atoms with Crippen LogP contribution in [0.2, 0.25) is 0 Å². The highest BCUT2D eigenvalue weighted by Gasteiger charge is 2.26. The van der Waals surface area contributed by atoms with Crippen molar-refractivity contribution in [2.75, 3.05) is 26.0 Å². The first-order valence-corrected chi connectivity index (χ1v) is 8.77. The van der Waals surface area contributed by atoms with Gasteiger partial charge in [0.2, 0.25) is 5.91 Å². The van der Waals surface area contributed by atoms with Crippen molar-refractivity contribution in [3.05, 3.63) is 28.7 Å². The van der Waals surface area contributed by atoms with Crippen LogP contribution in [0.5, 0.6) is 0 Å². The number of hydrogen-bond acceptors (Lipinski definition) is 5. The second-order valence-corrected chi connectivity index (χ2v) is 7.11. The molecule has 1 heterocycles. The molecule has 3 rings (SSSR count). The third-order valence-corrected chi connectivity index (χ3v) is 4.89. The number of oxazole rings is 1. The largest absolute Gasteiger partial charge is 0.419 e. The summed E-state index contributed by atoms with van der Waals surface area (Å²) in [6, 6.07) is 5.40. The second kappa shape index (κ2) is 7.41. The number of amides is 1. The van der Waals surface area contributed by atoms with E-state index in [2.05, 4.69) is 5.32 Å². The lowest BCUT2D eigenvalue weighted by Crippen LogP contribution is -2.28. The van der Waals surface area contributed by atoms with E-state index >= 15 is 0 Å². The van der Waals surface area contributed by atoms with Crippen molar-refractivity contribution >= 4 is 22.7 Å². The summed E-state index contributed by atoms with van der Waals surface area (Å²) in [5, 5.41) is 2.92. The number of fused-ring (bicyclic) bond motifs is 1. The van der Waals surface area contributed by atoms with E-state index in [1.807, 2.05) is 19.0 Å². The van der Waals surface area contributed by atoms with Crippen LogP contribution in [0.3, 0.4) is 0 Å². The zero-order chi connectivity index (χ0) is 18.0. The first kappa shape index (κ1) is 17.7. The molecule has 0 spiro atoms. The second-order valence-electron chi connectivity index (χ2n) is 7.11. The van der Waals surface area contributed by atoms with Crippen LogP contribution in [-0.2, 0) is 11.3 Å². The molecule has 7 heteroatoms. The Hall–Kier alpha value is -2.12. The molecule has 0 unspecified atom stereocenters. The first-order chi connectivity index (χ1) is 11.9. The molecule has 0 bridgehead atoms. The Kier molecular flexibility index (Phi) is 5.24. The smallest absolute Gasteiger partial charge is 0.408 e. The summed E-state index contributed by atoms with van der Waals surface area (Å²) in [4.78, 5) is 26.3. The van der Waals surface area contributed by atoms with Crippen LogP contribution in [0.1, 0.15) is 25.7 Å². The number of nitrogens with zero attached hydrogens (tertiary/aromatic N) is 2. The number of carbonyl (C=O) groups excluding carboxylic acids is 1. The van der Waals surface area contributed by atoms with Gasteiger partial charge < -0.3 is 20.4 Å². The fraction of sp³-hybridized carbons (Fsp3) is 0.556. The molecule has 0 aliphatic heterocycles. The molecule has 136 valence electrons. The summed E-state index contributed by atoms with van der Waals surface area (Å²) in [6.07, 6.45) is 3.55. The molecule has 0 radical (unpaired) electrons. The summed E-state index contributed by atoms with van der Waals surface area (Å²) < 4.78 is 6.87. The van der Waals surface area contributed by atoms with Crippen LogP contribution in [0.25, 0.3) is 11.1 Å². The van der Waals surface area contributed by atoms with Gasteiger partial charge in [-0.3, -0.25) is 9.36 Å². The van der Waals surface area contributed by atoms with E-state index in [0.717, 1.165) is 25.8 Å². The number of nitrogens with two attached hydrogens (primary N) is 1. The monoisotopic (exact) mass is 346 g/mol. The minimum absolute atomic E-state index is 0.0348. The zero-order valence-electron chi connectivity index (χ0n) is 14.8. The van der Waals surface area contributed by atoms with E-state index in [9.17, 15) is 9.59 Å². The molecule has 1 aromatic heterocycles. The van der Waals surface area contributed by atoms with Crippen molar-refractivity contribution in [3.63, 3.8) is 0 Å². The summed E-state index contributed by atoms with van der Waals surface area (Å²) >= 11 is 0. The lowest BCUT2D eigenvalue weighted by atomic mass is 10.00. The maximum atomic E-state index is 12.3. The number of hydrogen-bond donors (Lipinski definition) is 2. The Morgan fingerprint density at radius 1 is 1.40 bits per heavy atom. The maximum Gasteiger partial charge on any atom is 0.419 e. The van der Waals surface area contributed by atoms with Gasteiger partial charge in [0.1, 0.15) is 0 Å². The Bertz CT molecular complexity index is 808. The van der Waals surface area contributed by atoms with Gasteiger partial charge in [0.25, 0.3) is 0 Å². The maximum absolute atomic E-state index is 12.3. The molecule has 25 heavy (non-hydrogen) atoms. The fourth-order valence-electron chi connectivity index (χ4n) is 3.42. The summed E-state index contributed by atoms with van der Waals surface area (Å²) in [5.41, 5.74) is 7.93. The van der Waals surface area contributed by atoms with Gasteiger partial charge in [-0.1, -0.05) is 6.42 Å². The van der Waals surface area contributed by atoms with Crippen LogP contribution in [0.15, 0.2) is 27.4 Å². The molecular formula is C18H26N4O3. The predicted octanol–water partition coefficient (Wildman–Crippen LogP) is 1.61. The van der Waals surface area contributed by atoms with E-state index < -0.39 is 0 Å². The molecule has 1 aromatic carbocycles. The summed E-state index contributed by atoms with van der Waals surface area (Å²) in [5.74, 6) is -0.152. The molecular weight excluding hydrogens is 320 g/mol. The highest BCUT2D eigenvalue weighted by Crippen LogP contribution is 2.27. The zero-order valence-corrected chi connectivity index (χ0v) is 14.8. The van der Waals surface area contributed by atoms with Gasteiger partial charge in [-0.25, -0.2) is 4.79 Å². The first-order valence-electron chi connectivity index (χ1n) is 8.77. The molecule has 1 fully saturated rings. The number of nitrogens with one attached hydrogen (secondary N) is 1. The lowest BCUT2D eigenvalue weighted by molar-refractivity contribution is -0.117. The molecule has 1 aliphatic carbocycles. The van der Waals surface area contributed by atoms with Crippen molar-refractivity contribution in [1.82, 2.24) is 9.47 Å². The van der Waals surface area contributed by atoms with Gasteiger partial charge in [0.05, 0.1) is 5.52 Å². The highest BCUT2D eigenvalue weighted by atomic mass is 16.4. The Morgan fingerprint density at radius 3 is 2.88 bits per heavy atom. The Labute approximate surface area is 146 Å². The molecule has 0 saturated heterocycles. The average molecular weight is 346 g/mol. The van der Waals surface area contributed by atoms with Crippen LogP contribution in [0.4, 0.5) is 5.69 Å². The van der Waals surface area contributed by atoms with Gasteiger partial charge in [0, 0.05) is 31.2 Å². The van der Waals surface area contributed by atoms with Crippen LogP contribution < -0.4 is 16.8 Å². The molecule has 7 nitrogen and oxygen atoms in total. The van der Waals surface area contributed by atoms with Gasteiger partial charge in [-0.05, 0) is 51.1 Å². The highest BCUT2D eigenvalue weighted by molar-refractivity contribution is 5.93. The molecule has 2 atom stereocenters. The van der Waals surface area contributed by atoms with E-state index in [0.29, 0.717) is 29.8 Å². The Morgan fingerprint density at radius 2 is 2.20 bits per heavy atom. The standard InChI is InChI=1S/C18H26N4O3/c1-21(2)8-9-22-15-11-13(6-7-16(15)25-18(22)24)20-17(23)10-12-4-3-5-14(12)19/h6-7,11-12,14H,3-5,8-10,19H2,1-2H3,(H,20,23)/t12-,14+/m0/s1. The quantitative estimate of drug-likeness (QED) is 0.829. The van der Waals surface area contributed by atoms with E-state index in [1.54, 1.807) is 22.8 Å². The number of benzene rings is 1. The van der Waals surface area contributed by atoms with Crippen molar-refractivity contribution in [2.45, 2.75) is 38.3 Å². The molecule has 1 saturated carbocycles. The molecule has 1 aliphatic rings. The number of carbonyl (C=O) groups is 1. The average Bonchev–Trinajstić information content (AvgIpc) is 3.08. The summed E-state index contributed by atoms with van der Waals surface area (Å²) in [6.45, 7) is 1.26.